The Morgan fingerprint density at radius 3 is 2.64 bits per heavy atom. The summed E-state index contributed by atoms with van der Waals surface area (Å²) in [6.45, 7) is 0.915. The minimum absolute atomic E-state index is 0.0851. The van der Waals surface area contributed by atoms with Crippen LogP contribution in [0.1, 0.15) is 42.7 Å². The van der Waals surface area contributed by atoms with Gasteiger partial charge in [-0.25, -0.2) is 0 Å². The number of hydrogen-bond acceptors (Lipinski definition) is 4. The smallest absolute Gasteiger partial charge is 0.231 e. The fourth-order valence-electron chi connectivity index (χ4n) is 5.06. The van der Waals surface area contributed by atoms with Gasteiger partial charge in [-0.2, -0.15) is 0 Å². The van der Waals surface area contributed by atoms with Crippen molar-refractivity contribution in [3.63, 3.8) is 0 Å². The average molecular weight is 379 g/mol. The van der Waals surface area contributed by atoms with E-state index in [1.54, 1.807) is 7.11 Å². The zero-order chi connectivity index (χ0) is 19.1. The summed E-state index contributed by atoms with van der Waals surface area (Å²) in [5, 5.41) is 0. The van der Waals surface area contributed by atoms with Gasteiger partial charge in [0.1, 0.15) is 5.75 Å². The van der Waals surface area contributed by atoms with E-state index in [0.717, 1.165) is 41.2 Å². The van der Waals surface area contributed by atoms with Crippen LogP contribution in [0.15, 0.2) is 42.5 Å². The summed E-state index contributed by atoms with van der Waals surface area (Å²) in [7, 11) is 1.67. The SMILES string of the molecule is COc1ccc(CN2C(=O)[C@@H](c3ccc4c(c3)OCO4)[C@@H]3CCCC[C@H]32)cc1. The molecule has 0 unspecified atom stereocenters. The molecule has 1 saturated carbocycles. The van der Waals surface area contributed by atoms with Crippen LogP contribution >= 0.6 is 0 Å². The quantitative estimate of drug-likeness (QED) is 0.802. The maximum Gasteiger partial charge on any atom is 0.231 e. The summed E-state index contributed by atoms with van der Waals surface area (Å²) in [6, 6.07) is 14.3. The number of methoxy groups -OCH3 is 1. The normalized spacial score (nSPS) is 25.7. The van der Waals surface area contributed by atoms with Gasteiger partial charge in [-0.1, -0.05) is 31.0 Å². The van der Waals surface area contributed by atoms with E-state index in [-0.39, 0.29) is 18.6 Å². The molecule has 5 nitrogen and oxygen atoms in total. The Hall–Kier alpha value is -2.69. The Kier molecular flexibility index (Phi) is 4.38. The molecule has 2 fully saturated rings. The second-order valence-corrected chi connectivity index (χ2v) is 7.92. The summed E-state index contributed by atoms with van der Waals surface area (Å²) in [5.74, 6) is 2.89. The molecule has 1 saturated heterocycles. The Bertz CT molecular complexity index is 879. The van der Waals surface area contributed by atoms with E-state index in [9.17, 15) is 4.79 Å². The first-order valence-corrected chi connectivity index (χ1v) is 10.1. The van der Waals surface area contributed by atoms with E-state index in [2.05, 4.69) is 17.0 Å². The topological polar surface area (TPSA) is 48.0 Å². The van der Waals surface area contributed by atoms with Crippen LogP contribution in [-0.4, -0.2) is 30.8 Å². The van der Waals surface area contributed by atoms with Gasteiger partial charge in [0.25, 0.3) is 0 Å². The summed E-state index contributed by atoms with van der Waals surface area (Å²) >= 11 is 0. The number of hydrogen-bond donors (Lipinski definition) is 0. The molecule has 5 heteroatoms. The number of ether oxygens (including phenoxy) is 3. The lowest BCUT2D eigenvalue weighted by Gasteiger charge is -2.32. The third kappa shape index (κ3) is 2.89. The minimum atomic E-state index is -0.0851. The van der Waals surface area contributed by atoms with Gasteiger partial charge in [0.2, 0.25) is 12.7 Å². The number of carbonyl (C=O) groups is 1. The summed E-state index contributed by atoms with van der Waals surface area (Å²) in [5.41, 5.74) is 2.20. The Morgan fingerprint density at radius 1 is 1.04 bits per heavy atom. The standard InChI is InChI=1S/C23H25NO4/c1-26-17-9-6-15(7-10-17)13-24-19-5-3-2-4-18(19)22(23(24)25)16-8-11-20-21(12-16)28-14-27-20/h6-12,18-19,22H,2-5,13-14H2,1H3/t18-,19-,22+/m1/s1. The van der Waals surface area contributed by atoms with Crippen molar-refractivity contribution in [3.05, 3.63) is 53.6 Å². The van der Waals surface area contributed by atoms with Crippen LogP contribution in [0, 0.1) is 5.92 Å². The molecular weight excluding hydrogens is 354 g/mol. The zero-order valence-corrected chi connectivity index (χ0v) is 16.1. The van der Waals surface area contributed by atoms with Gasteiger partial charge in [-0.3, -0.25) is 4.79 Å². The van der Waals surface area contributed by atoms with E-state index < -0.39 is 0 Å². The molecule has 3 atom stereocenters. The first-order chi connectivity index (χ1) is 13.7. The van der Waals surface area contributed by atoms with Gasteiger partial charge in [0, 0.05) is 12.6 Å². The van der Waals surface area contributed by atoms with Crippen molar-refractivity contribution in [2.45, 2.75) is 44.2 Å². The molecule has 2 aromatic rings. The maximum absolute atomic E-state index is 13.5. The second kappa shape index (κ2) is 7.04. The van der Waals surface area contributed by atoms with Gasteiger partial charge in [0.15, 0.2) is 11.5 Å². The number of fused-ring (bicyclic) bond motifs is 2. The first-order valence-electron chi connectivity index (χ1n) is 10.1. The molecule has 0 spiro atoms. The highest BCUT2D eigenvalue weighted by Gasteiger charge is 2.49. The van der Waals surface area contributed by atoms with Crippen LogP contribution in [0.4, 0.5) is 0 Å². The largest absolute Gasteiger partial charge is 0.497 e. The molecule has 2 heterocycles. The zero-order valence-electron chi connectivity index (χ0n) is 16.1. The summed E-state index contributed by atoms with van der Waals surface area (Å²) in [4.78, 5) is 15.6. The number of nitrogens with zero attached hydrogens (tertiary/aromatic N) is 1. The third-order valence-corrected chi connectivity index (χ3v) is 6.43. The van der Waals surface area contributed by atoms with Gasteiger partial charge in [-0.05, 0) is 54.2 Å². The van der Waals surface area contributed by atoms with E-state index in [1.807, 2.05) is 30.3 Å². The molecular formula is C23H25NO4. The fourth-order valence-corrected chi connectivity index (χ4v) is 5.06. The lowest BCUT2D eigenvalue weighted by atomic mass is 9.77. The molecule has 0 N–H and O–H groups in total. The van der Waals surface area contributed by atoms with Crippen molar-refractivity contribution in [3.8, 4) is 17.2 Å². The number of amides is 1. The summed E-state index contributed by atoms with van der Waals surface area (Å²) < 4.78 is 16.3. The van der Waals surface area contributed by atoms with Crippen LogP contribution in [0.3, 0.4) is 0 Å². The van der Waals surface area contributed by atoms with Crippen LogP contribution in [0.25, 0.3) is 0 Å². The molecule has 2 aromatic carbocycles. The average Bonchev–Trinajstić information content (AvgIpc) is 3.31. The monoisotopic (exact) mass is 379 g/mol. The van der Waals surface area contributed by atoms with Gasteiger partial charge in [0.05, 0.1) is 13.0 Å². The van der Waals surface area contributed by atoms with E-state index >= 15 is 0 Å². The molecule has 28 heavy (non-hydrogen) atoms. The van der Waals surface area contributed by atoms with Crippen molar-refractivity contribution in [2.75, 3.05) is 13.9 Å². The Balaban J connectivity index is 1.44. The molecule has 2 aliphatic heterocycles. The molecule has 0 radical (unpaired) electrons. The second-order valence-electron chi connectivity index (χ2n) is 7.92. The van der Waals surface area contributed by atoms with Crippen LogP contribution in [0.5, 0.6) is 17.2 Å². The van der Waals surface area contributed by atoms with Crippen molar-refractivity contribution in [2.24, 2.45) is 5.92 Å². The van der Waals surface area contributed by atoms with Gasteiger partial charge >= 0.3 is 0 Å². The van der Waals surface area contributed by atoms with Crippen molar-refractivity contribution < 1.29 is 19.0 Å². The Labute approximate surface area is 165 Å². The lowest BCUT2D eigenvalue weighted by molar-refractivity contribution is -0.130. The van der Waals surface area contributed by atoms with E-state index in [0.29, 0.717) is 18.5 Å². The number of rotatable bonds is 4. The highest BCUT2D eigenvalue weighted by Crippen LogP contribution is 2.47. The predicted molar refractivity (Wildman–Crippen MR) is 105 cm³/mol. The van der Waals surface area contributed by atoms with Crippen molar-refractivity contribution >= 4 is 5.91 Å². The first kappa shape index (κ1) is 17.4. The fraction of sp³-hybridized carbons (Fsp3) is 0.435. The van der Waals surface area contributed by atoms with Crippen LogP contribution in [0.2, 0.25) is 0 Å². The predicted octanol–water partition coefficient (Wildman–Crippen LogP) is 4.11. The minimum Gasteiger partial charge on any atom is -0.497 e. The van der Waals surface area contributed by atoms with E-state index in [4.69, 9.17) is 14.2 Å². The van der Waals surface area contributed by atoms with Gasteiger partial charge < -0.3 is 19.1 Å². The summed E-state index contributed by atoms with van der Waals surface area (Å²) in [6.07, 6.45) is 4.59. The highest BCUT2D eigenvalue weighted by atomic mass is 16.7. The highest BCUT2D eigenvalue weighted by molar-refractivity contribution is 5.87. The Morgan fingerprint density at radius 2 is 1.82 bits per heavy atom. The molecule has 5 rings (SSSR count). The number of likely N-dealkylation sites (tertiary alicyclic amines) is 1. The third-order valence-electron chi connectivity index (χ3n) is 6.43. The van der Waals surface area contributed by atoms with E-state index in [1.165, 1.54) is 12.8 Å². The van der Waals surface area contributed by atoms with Crippen molar-refractivity contribution in [1.82, 2.24) is 4.90 Å². The molecule has 0 bridgehead atoms. The maximum atomic E-state index is 13.5. The lowest BCUT2D eigenvalue weighted by Crippen LogP contribution is -2.36. The molecule has 1 amide bonds. The number of carbonyl (C=O) groups excluding carboxylic acids is 1. The number of benzene rings is 2. The van der Waals surface area contributed by atoms with Crippen LogP contribution in [-0.2, 0) is 11.3 Å². The van der Waals surface area contributed by atoms with Crippen LogP contribution < -0.4 is 14.2 Å². The van der Waals surface area contributed by atoms with Crippen molar-refractivity contribution in [1.29, 1.82) is 0 Å². The molecule has 146 valence electrons. The van der Waals surface area contributed by atoms with Gasteiger partial charge in [-0.15, -0.1) is 0 Å². The molecule has 1 aliphatic carbocycles. The molecule has 0 aromatic heterocycles. The molecule has 3 aliphatic rings.